The molecule has 0 bridgehead atoms. The van der Waals surface area contributed by atoms with E-state index >= 15 is 0 Å². The lowest BCUT2D eigenvalue weighted by molar-refractivity contribution is 0.103. The summed E-state index contributed by atoms with van der Waals surface area (Å²) < 4.78 is 8.50. The number of methoxy groups -OCH3 is 1. The van der Waals surface area contributed by atoms with Crippen molar-refractivity contribution in [2.75, 3.05) is 39.0 Å². The van der Waals surface area contributed by atoms with E-state index in [4.69, 9.17) is 10.5 Å². The zero-order chi connectivity index (χ0) is 22.4. The number of benzene rings is 1. The Balaban J connectivity index is 1.59. The van der Waals surface area contributed by atoms with Crippen LogP contribution in [0.4, 0.5) is 10.6 Å². The number of hydrogen-bond acceptors (Lipinski definition) is 7. The van der Waals surface area contributed by atoms with Gasteiger partial charge >= 0.3 is 6.09 Å². The van der Waals surface area contributed by atoms with E-state index in [0.717, 1.165) is 42.9 Å². The standard InChI is InChI=1S/C22H24N6O3S/c1-13-7-14-9-17(32-20(14)16(8-13)31-2)18-15(11-28-19(18)21(23)24-12-25-28)10-26-3-5-27(6-4-26)22(29)30/h7-9,11-12H,3-6,10H2,1-2H3,(H,29,30)(H2,23,24,25). The number of piperazine rings is 1. The summed E-state index contributed by atoms with van der Waals surface area (Å²) in [6, 6.07) is 6.37. The minimum absolute atomic E-state index is 0.428. The van der Waals surface area contributed by atoms with Crippen molar-refractivity contribution in [2.45, 2.75) is 13.5 Å². The summed E-state index contributed by atoms with van der Waals surface area (Å²) in [6.45, 7) is 5.09. The van der Waals surface area contributed by atoms with Crippen molar-refractivity contribution < 1.29 is 14.6 Å². The molecule has 0 saturated carbocycles. The number of aromatic nitrogens is 3. The lowest BCUT2D eigenvalue weighted by Gasteiger charge is -2.33. The van der Waals surface area contributed by atoms with Crippen LogP contribution in [0.3, 0.4) is 0 Å². The first-order chi connectivity index (χ1) is 15.4. The van der Waals surface area contributed by atoms with Gasteiger partial charge in [0.05, 0.1) is 11.8 Å². The Morgan fingerprint density at radius 2 is 2.03 bits per heavy atom. The molecule has 3 N–H and O–H groups in total. The van der Waals surface area contributed by atoms with Crippen molar-refractivity contribution in [2.24, 2.45) is 0 Å². The number of carbonyl (C=O) groups is 1. The van der Waals surface area contributed by atoms with Gasteiger partial charge in [-0.3, -0.25) is 4.90 Å². The third kappa shape index (κ3) is 3.51. The molecule has 1 saturated heterocycles. The van der Waals surface area contributed by atoms with Crippen molar-refractivity contribution in [1.82, 2.24) is 24.4 Å². The Labute approximate surface area is 188 Å². The first-order valence-corrected chi connectivity index (χ1v) is 11.2. The molecule has 0 unspecified atom stereocenters. The highest BCUT2D eigenvalue weighted by molar-refractivity contribution is 7.22. The first-order valence-electron chi connectivity index (χ1n) is 10.3. The van der Waals surface area contributed by atoms with E-state index in [1.807, 2.05) is 12.3 Å². The maximum atomic E-state index is 11.2. The fourth-order valence-corrected chi connectivity index (χ4v) is 5.57. The number of hydrogen-bond donors (Lipinski definition) is 2. The summed E-state index contributed by atoms with van der Waals surface area (Å²) in [4.78, 5) is 20.3. The van der Waals surface area contributed by atoms with Crippen molar-refractivity contribution >= 4 is 38.9 Å². The Morgan fingerprint density at radius 1 is 1.25 bits per heavy atom. The van der Waals surface area contributed by atoms with E-state index in [9.17, 15) is 9.90 Å². The smallest absolute Gasteiger partial charge is 0.407 e. The van der Waals surface area contributed by atoms with Crippen LogP contribution >= 0.6 is 11.3 Å². The van der Waals surface area contributed by atoms with Gasteiger partial charge in [0.1, 0.15) is 17.6 Å². The SMILES string of the molecule is COc1cc(C)cc2cc(-c3c(CN4CCN(C(=O)O)CC4)cn4ncnc(N)c34)sc12. The molecule has 3 aromatic heterocycles. The number of fused-ring (bicyclic) bond motifs is 2. The van der Waals surface area contributed by atoms with Crippen LogP contribution in [0.1, 0.15) is 11.1 Å². The average molecular weight is 453 g/mol. The molecular formula is C22H24N6O3S. The molecule has 0 spiro atoms. The number of ether oxygens (including phenoxy) is 1. The Morgan fingerprint density at radius 3 is 2.75 bits per heavy atom. The third-order valence-electron chi connectivity index (χ3n) is 5.91. The van der Waals surface area contributed by atoms with Crippen LogP contribution in [0.2, 0.25) is 0 Å². The molecule has 1 fully saturated rings. The molecular weight excluding hydrogens is 428 g/mol. The van der Waals surface area contributed by atoms with Gasteiger partial charge in [-0.15, -0.1) is 11.3 Å². The molecule has 4 aromatic rings. The highest BCUT2D eigenvalue weighted by atomic mass is 32.1. The molecule has 166 valence electrons. The monoisotopic (exact) mass is 452 g/mol. The lowest BCUT2D eigenvalue weighted by atomic mass is 10.1. The summed E-state index contributed by atoms with van der Waals surface area (Å²) >= 11 is 1.67. The van der Waals surface area contributed by atoms with E-state index in [1.165, 1.54) is 11.2 Å². The minimum atomic E-state index is -0.863. The minimum Gasteiger partial charge on any atom is -0.495 e. The fraction of sp³-hybridized carbons (Fsp3) is 0.318. The van der Waals surface area contributed by atoms with Crippen LogP contribution in [0.5, 0.6) is 5.75 Å². The topological polar surface area (TPSA) is 109 Å². The van der Waals surface area contributed by atoms with Crippen molar-refractivity contribution in [3.05, 3.63) is 41.9 Å². The Hall–Kier alpha value is -3.37. The number of nitrogens with two attached hydrogens (primary N) is 1. The van der Waals surface area contributed by atoms with Crippen molar-refractivity contribution in [3.63, 3.8) is 0 Å². The molecule has 0 atom stereocenters. The van der Waals surface area contributed by atoms with Gasteiger partial charge in [0, 0.05) is 49.4 Å². The molecule has 1 aromatic carbocycles. The predicted molar refractivity (Wildman–Crippen MR) is 124 cm³/mol. The number of nitrogens with zero attached hydrogens (tertiary/aromatic N) is 5. The van der Waals surface area contributed by atoms with Gasteiger partial charge < -0.3 is 20.5 Å². The lowest BCUT2D eigenvalue weighted by Crippen LogP contribution is -2.47. The number of thiophene rings is 1. The number of carboxylic acid groups (broad SMARTS) is 1. The maximum Gasteiger partial charge on any atom is 0.407 e. The van der Waals surface area contributed by atoms with E-state index in [0.29, 0.717) is 38.5 Å². The average Bonchev–Trinajstić information content (AvgIpc) is 3.35. The van der Waals surface area contributed by atoms with Gasteiger partial charge in [-0.2, -0.15) is 5.10 Å². The van der Waals surface area contributed by atoms with E-state index in [1.54, 1.807) is 23.0 Å². The van der Waals surface area contributed by atoms with Gasteiger partial charge in [0.15, 0.2) is 5.82 Å². The highest BCUT2D eigenvalue weighted by Crippen LogP contribution is 2.43. The molecule has 4 heterocycles. The molecule has 10 heteroatoms. The maximum absolute atomic E-state index is 11.2. The Bertz CT molecular complexity index is 1320. The van der Waals surface area contributed by atoms with Crippen molar-refractivity contribution in [3.8, 4) is 16.2 Å². The predicted octanol–water partition coefficient (Wildman–Crippen LogP) is 3.31. The second-order valence-corrected chi connectivity index (χ2v) is 9.06. The van der Waals surface area contributed by atoms with Crippen LogP contribution in [0, 0.1) is 6.92 Å². The molecule has 5 rings (SSSR count). The van der Waals surface area contributed by atoms with Crippen LogP contribution in [-0.2, 0) is 6.54 Å². The molecule has 0 radical (unpaired) electrons. The normalized spacial score (nSPS) is 15.0. The highest BCUT2D eigenvalue weighted by Gasteiger charge is 2.24. The number of aryl methyl sites for hydroxylation is 1. The van der Waals surface area contributed by atoms with Crippen LogP contribution < -0.4 is 10.5 Å². The summed E-state index contributed by atoms with van der Waals surface area (Å²) in [6.07, 6.45) is 2.59. The van der Waals surface area contributed by atoms with Crippen LogP contribution in [0.15, 0.2) is 30.7 Å². The zero-order valence-corrected chi connectivity index (χ0v) is 18.7. The summed E-state index contributed by atoms with van der Waals surface area (Å²) in [5.41, 5.74) is 10.3. The van der Waals surface area contributed by atoms with E-state index < -0.39 is 6.09 Å². The molecule has 32 heavy (non-hydrogen) atoms. The Kier molecular flexibility index (Phi) is 5.10. The number of anilines is 1. The van der Waals surface area contributed by atoms with Gasteiger partial charge in [0.25, 0.3) is 0 Å². The van der Waals surface area contributed by atoms with Gasteiger partial charge in [-0.25, -0.2) is 14.3 Å². The van der Waals surface area contributed by atoms with Gasteiger partial charge in [-0.05, 0) is 35.6 Å². The quantitative estimate of drug-likeness (QED) is 0.489. The first kappa shape index (κ1) is 20.5. The van der Waals surface area contributed by atoms with Crippen LogP contribution in [0.25, 0.3) is 26.0 Å². The molecule has 9 nitrogen and oxygen atoms in total. The van der Waals surface area contributed by atoms with E-state index in [-0.39, 0.29) is 0 Å². The fourth-order valence-electron chi connectivity index (χ4n) is 4.36. The molecule has 1 amide bonds. The number of amides is 1. The largest absolute Gasteiger partial charge is 0.495 e. The van der Waals surface area contributed by atoms with Gasteiger partial charge in [0.2, 0.25) is 0 Å². The summed E-state index contributed by atoms with van der Waals surface area (Å²) in [5.74, 6) is 1.29. The number of nitrogen functional groups attached to an aromatic ring is 1. The summed E-state index contributed by atoms with van der Waals surface area (Å²) in [7, 11) is 1.69. The van der Waals surface area contributed by atoms with Gasteiger partial charge in [-0.1, -0.05) is 6.07 Å². The zero-order valence-electron chi connectivity index (χ0n) is 17.9. The van der Waals surface area contributed by atoms with Crippen molar-refractivity contribution in [1.29, 1.82) is 0 Å². The number of rotatable bonds is 4. The molecule has 0 aliphatic carbocycles. The van der Waals surface area contributed by atoms with E-state index in [2.05, 4.69) is 34.0 Å². The second kappa shape index (κ2) is 7.95. The summed E-state index contributed by atoms with van der Waals surface area (Å²) in [5, 5.41) is 14.7. The van der Waals surface area contributed by atoms with Crippen LogP contribution in [-0.4, -0.2) is 68.9 Å². The third-order valence-corrected chi connectivity index (χ3v) is 7.09. The molecule has 1 aliphatic heterocycles. The second-order valence-electron chi connectivity index (χ2n) is 8.01. The molecule has 1 aliphatic rings.